The average molecular weight is 321 g/mol. The lowest BCUT2D eigenvalue weighted by Gasteiger charge is -2.29. The number of likely N-dealkylation sites (tertiary alicyclic amines) is 1. The van der Waals surface area contributed by atoms with Crippen LogP contribution < -0.4 is 5.32 Å². The number of ether oxygens (including phenoxy) is 1. The van der Waals surface area contributed by atoms with E-state index >= 15 is 0 Å². The third-order valence-corrected chi connectivity index (χ3v) is 4.65. The zero-order valence-electron chi connectivity index (χ0n) is 13.6. The molecule has 0 aliphatic carbocycles. The summed E-state index contributed by atoms with van der Waals surface area (Å²) < 4.78 is 19.2. The summed E-state index contributed by atoms with van der Waals surface area (Å²) in [7, 11) is 0. The van der Waals surface area contributed by atoms with E-state index in [4.69, 9.17) is 4.74 Å². The standard InChI is InChI=1S/C17H24FN3O2/c1-13-3-2-4-15(18)16(13)19-17(22)21-6-5-14(12-21)11-20-7-9-23-10-8-20/h2-4,14H,5-12H2,1H3,(H,19,22)/t14-/m1/s1. The molecular formula is C17H24FN3O2. The Morgan fingerprint density at radius 1 is 1.35 bits per heavy atom. The molecule has 2 fully saturated rings. The minimum absolute atomic E-state index is 0.206. The smallest absolute Gasteiger partial charge is 0.321 e. The first-order valence-corrected chi connectivity index (χ1v) is 8.24. The number of carbonyl (C=O) groups excluding carboxylic acids is 1. The summed E-state index contributed by atoms with van der Waals surface area (Å²) in [6.07, 6.45) is 1.00. The maximum atomic E-state index is 13.8. The van der Waals surface area contributed by atoms with Crippen LogP contribution in [0.2, 0.25) is 0 Å². The highest BCUT2D eigenvalue weighted by atomic mass is 19.1. The monoisotopic (exact) mass is 321 g/mol. The Morgan fingerprint density at radius 3 is 2.87 bits per heavy atom. The SMILES string of the molecule is Cc1cccc(F)c1NC(=O)N1CC[C@H](CN2CCOCC2)C1. The number of amides is 2. The number of urea groups is 1. The molecule has 1 N–H and O–H groups in total. The number of hydrogen-bond donors (Lipinski definition) is 1. The highest BCUT2D eigenvalue weighted by Gasteiger charge is 2.28. The van der Waals surface area contributed by atoms with E-state index in [2.05, 4.69) is 10.2 Å². The number of carbonyl (C=O) groups is 1. The molecule has 2 aliphatic heterocycles. The van der Waals surface area contributed by atoms with E-state index in [0.717, 1.165) is 57.9 Å². The molecule has 1 atom stereocenters. The third-order valence-electron chi connectivity index (χ3n) is 4.65. The number of nitrogens with zero attached hydrogens (tertiary/aromatic N) is 2. The minimum atomic E-state index is -0.387. The van der Waals surface area contributed by atoms with Gasteiger partial charge in [-0.2, -0.15) is 0 Å². The molecule has 2 amide bonds. The normalized spacial score (nSPS) is 22.3. The van der Waals surface area contributed by atoms with Gasteiger partial charge in [0.1, 0.15) is 5.82 Å². The number of morpholine rings is 1. The molecule has 0 unspecified atom stereocenters. The second kappa shape index (κ2) is 7.27. The summed E-state index contributed by atoms with van der Waals surface area (Å²) in [4.78, 5) is 16.6. The summed E-state index contributed by atoms with van der Waals surface area (Å²) in [6.45, 7) is 7.79. The second-order valence-corrected chi connectivity index (χ2v) is 6.38. The molecule has 126 valence electrons. The topological polar surface area (TPSA) is 44.8 Å². The molecular weight excluding hydrogens is 297 g/mol. The number of halogens is 1. The summed E-state index contributed by atoms with van der Waals surface area (Å²) in [5.41, 5.74) is 1.02. The average Bonchev–Trinajstić information content (AvgIpc) is 3.00. The van der Waals surface area contributed by atoms with Gasteiger partial charge in [0.2, 0.25) is 0 Å². The molecule has 0 radical (unpaired) electrons. The Kier molecular flexibility index (Phi) is 5.13. The van der Waals surface area contributed by atoms with Crippen LogP contribution in [0, 0.1) is 18.7 Å². The minimum Gasteiger partial charge on any atom is -0.379 e. The Balaban J connectivity index is 1.53. The van der Waals surface area contributed by atoms with Gasteiger partial charge in [-0.25, -0.2) is 9.18 Å². The molecule has 2 saturated heterocycles. The molecule has 0 spiro atoms. The van der Waals surface area contributed by atoms with Crippen LogP contribution in [0.15, 0.2) is 18.2 Å². The predicted molar refractivity (Wildman–Crippen MR) is 87.1 cm³/mol. The van der Waals surface area contributed by atoms with Crippen molar-refractivity contribution in [2.45, 2.75) is 13.3 Å². The summed E-state index contributed by atoms with van der Waals surface area (Å²) in [5, 5.41) is 2.72. The van der Waals surface area contributed by atoms with Crippen molar-refractivity contribution in [1.82, 2.24) is 9.80 Å². The van der Waals surface area contributed by atoms with Gasteiger partial charge in [0.25, 0.3) is 0 Å². The molecule has 1 aromatic rings. The van der Waals surface area contributed by atoms with Crippen molar-refractivity contribution in [2.75, 3.05) is 51.3 Å². The van der Waals surface area contributed by atoms with Gasteiger partial charge in [-0.1, -0.05) is 12.1 Å². The lowest BCUT2D eigenvalue weighted by atomic mass is 10.1. The number of rotatable bonds is 3. The molecule has 0 aromatic heterocycles. The van der Waals surface area contributed by atoms with Crippen molar-refractivity contribution in [1.29, 1.82) is 0 Å². The summed E-state index contributed by atoms with van der Waals surface area (Å²) in [6, 6.07) is 4.61. The van der Waals surface area contributed by atoms with Crippen molar-refractivity contribution in [3.63, 3.8) is 0 Å². The van der Waals surface area contributed by atoms with Gasteiger partial charge in [-0.15, -0.1) is 0 Å². The molecule has 3 rings (SSSR count). The van der Waals surface area contributed by atoms with Crippen molar-refractivity contribution in [2.24, 2.45) is 5.92 Å². The number of hydrogen-bond acceptors (Lipinski definition) is 3. The fourth-order valence-electron chi connectivity index (χ4n) is 3.29. The molecule has 5 nitrogen and oxygen atoms in total. The van der Waals surface area contributed by atoms with E-state index in [1.54, 1.807) is 24.0 Å². The van der Waals surface area contributed by atoms with Gasteiger partial charge in [-0.05, 0) is 30.9 Å². The number of anilines is 1. The van der Waals surface area contributed by atoms with Crippen LogP contribution in [0.4, 0.5) is 14.9 Å². The fraction of sp³-hybridized carbons (Fsp3) is 0.588. The second-order valence-electron chi connectivity index (χ2n) is 6.38. The Labute approximate surface area is 136 Å². The first-order valence-electron chi connectivity index (χ1n) is 8.24. The van der Waals surface area contributed by atoms with Gasteiger partial charge in [0, 0.05) is 32.7 Å². The maximum absolute atomic E-state index is 13.8. The molecule has 1 aromatic carbocycles. The van der Waals surface area contributed by atoms with Gasteiger partial charge >= 0.3 is 6.03 Å². The molecule has 2 aliphatic rings. The van der Waals surface area contributed by atoms with Gasteiger partial charge in [0.05, 0.1) is 18.9 Å². The van der Waals surface area contributed by atoms with E-state index in [-0.39, 0.29) is 17.5 Å². The van der Waals surface area contributed by atoms with Gasteiger partial charge < -0.3 is 15.0 Å². The first-order chi connectivity index (χ1) is 11.1. The quantitative estimate of drug-likeness (QED) is 0.929. The largest absolute Gasteiger partial charge is 0.379 e. The first kappa shape index (κ1) is 16.2. The number of aryl methyl sites for hydroxylation is 1. The number of nitrogens with one attached hydrogen (secondary N) is 1. The van der Waals surface area contributed by atoms with Crippen LogP contribution in [-0.2, 0) is 4.74 Å². The van der Waals surface area contributed by atoms with Crippen molar-refractivity contribution in [3.05, 3.63) is 29.6 Å². The Morgan fingerprint density at radius 2 is 2.13 bits per heavy atom. The fourth-order valence-corrected chi connectivity index (χ4v) is 3.29. The molecule has 0 bridgehead atoms. The zero-order chi connectivity index (χ0) is 16.2. The van der Waals surface area contributed by atoms with Gasteiger partial charge in [0.15, 0.2) is 0 Å². The van der Waals surface area contributed by atoms with E-state index in [0.29, 0.717) is 5.92 Å². The number of benzene rings is 1. The molecule has 6 heteroatoms. The predicted octanol–water partition coefficient (Wildman–Crippen LogP) is 2.32. The molecule has 23 heavy (non-hydrogen) atoms. The molecule has 2 heterocycles. The van der Waals surface area contributed by atoms with Crippen molar-refractivity contribution >= 4 is 11.7 Å². The van der Waals surface area contributed by atoms with Crippen LogP contribution in [0.5, 0.6) is 0 Å². The van der Waals surface area contributed by atoms with Crippen molar-refractivity contribution < 1.29 is 13.9 Å². The van der Waals surface area contributed by atoms with E-state index in [1.165, 1.54) is 6.07 Å². The Bertz CT molecular complexity index is 541. The summed E-state index contributed by atoms with van der Waals surface area (Å²) >= 11 is 0. The maximum Gasteiger partial charge on any atom is 0.321 e. The number of para-hydroxylation sites is 1. The molecule has 0 saturated carbocycles. The lowest BCUT2D eigenvalue weighted by Crippen LogP contribution is -2.40. The Hall–Kier alpha value is -1.66. The van der Waals surface area contributed by atoms with Crippen LogP contribution in [0.3, 0.4) is 0 Å². The van der Waals surface area contributed by atoms with E-state index in [1.807, 2.05) is 0 Å². The van der Waals surface area contributed by atoms with E-state index < -0.39 is 0 Å². The van der Waals surface area contributed by atoms with Crippen LogP contribution in [0.25, 0.3) is 0 Å². The highest BCUT2D eigenvalue weighted by molar-refractivity contribution is 5.90. The summed E-state index contributed by atoms with van der Waals surface area (Å²) in [5.74, 6) is 0.1000. The highest BCUT2D eigenvalue weighted by Crippen LogP contribution is 2.22. The van der Waals surface area contributed by atoms with Crippen LogP contribution in [-0.4, -0.2) is 61.8 Å². The van der Waals surface area contributed by atoms with Crippen LogP contribution >= 0.6 is 0 Å². The van der Waals surface area contributed by atoms with E-state index in [9.17, 15) is 9.18 Å². The third kappa shape index (κ3) is 4.00. The van der Waals surface area contributed by atoms with Crippen LogP contribution in [0.1, 0.15) is 12.0 Å². The lowest BCUT2D eigenvalue weighted by molar-refractivity contribution is 0.0314. The van der Waals surface area contributed by atoms with Crippen molar-refractivity contribution in [3.8, 4) is 0 Å². The zero-order valence-corrected chi connectivity index (χ0v) is 13.6. The van der Waals surface area contributed by atoms with Gasteiger partial charge in [-0.3, -0.25) is 4.90 Å².